The van der Waals surface area contributed by atoms with E-state index in [1.165, 1.54) is 28.4 Å². The lowest BCUT2D eigenvalue weighted by molar-refractivity contribution is -0.138. The van der Waals surface area contributed by atoms with E-state index in [0.717, 1.165) is 12.3 Å². The van der Waals surface area contributed by atoms with Crippen molar-refractivity contribution >= 4 is 5.97 Å². The highest BCUT2D eigenvalue weighted by molar-refractivity contribution is 5.68. The number of nitrogens with zero attached hydrogens (tertiary/aromatic N) is 5. The van der Waals surface area contributed by atoms with Gasteiger partial charge in [0, 0.05) is 38.3 Å². The molecule has 0 saturated heterocycles. The summed E-state index contributed by atoms with van der Waals surface area (Å²) in [5.41, 5.74) is -0.162. The molecule has 0 aliphatic rings. The minimum absolute atomic E-state index is 0.211. The van der Waals surface area contributed by atoms with E-state index in [0.29, 0.717) is 24.5 Å². The lowest BCUT2D eigenvalue weighted by atomic mass is 10.2. The highest BCUT2D eigenvalue weighted by Crippen LogP contribution is 2.29. The van der Waals surface area contributed by atoms with Gasteiger partial charge in [-0.15, -0.1) is 10.2 Å². The van der Waals surface area contributed by atoms with E-state index < -0.39 is 17.7 Å². The van der Waals surface area contributed by atoms with Gasteiger partial charge in [-0.05, 0) is 19.1 Å². The van der Waals surface area contributed by atoms with Gasteiger partial charge < -0.3 is 14.2 Å². The minimum atomic E-state index is -4.46. The van der Waals surface area contributed by atoms with Gasteiger partial charge in [-0.2, -0.15) is 13.2 Å². The third kappa shape index (κ3) is 5.53. The van der Waals surface area contributed by atoms with E-state index in [9.17, 15) is 18.0 Å². The summed E-state index contributed by atoms with van der Waals surface area (Å²) in [5, 5.41) is 8.35. The summed E-state index contributed by atoms with van der Waals surface area (Å²) in [4.78, 5) is 14.9. The Labute approximate surface area is 175 Å². The molecule has 0 saturated carbocycles. The van der Waals surface area contributed by atoms with Crippen molar-refractivity contribution < 1.29 is 32.2 Å². The van der Waals surface area contributed by atoms with Crippen molar-refractivity contribution in [1.29, 1.82) is 0 Å². The van der Waals surface area contributed by atoms with Crippen LogP contribution in [0.4, 0.5) is 13.2 Å². The highest BCUT2D eigenvalue weighted by atomic mass is 19.4. The lowest BCUT2D eigenvalue weighted by Crippen LogP contribution is -2.07. The number of hydrogen-bond donors (Lipinski definition) is 0. The van der Waals surface area contributed by atoms with E-state index in [1.54, 1.807) is 20.2 Å². The molecule has 3 rings (SSSR count). The van der Waals surface area contributed by atoms with Crippen molar-refractivity contribution in [3.05, 3.63) is 41.7 Å². The van der Waals surface area contributed by atoms with Crippen LogP contribution in [0.15, 0.2) is 30.6 Å². The molecule has 0 radical (unpaired) electrons. The summed E-state index contributed by atoms with van der Waals surface area (Å²) < 4.78 is 57.0. The van der Waals surface area contributed by atoms with Crippen LogP contribution in [0.1, 0.15) is 25.0 Å². The lowest BCUT2D eigenvalue weighted by Gasteiger charge is -2.06. The number of carbonyl (C=O) groups is 1. The molecular weight excluding hydrogens is 419 g/mol. The molecule has 0 atom stereocenters. The molecule has 0 fully saturated rings. The van der Waals surface area contributed by atoms with Crippen molar-refractivity contribution in [2.24, 2.45) is 7.05 Å². The second kappa shape index (κ2) is 9.06. The quantitative estimate of drug-likeness (QED) is 0.498. The predicted octanol–water partition coefficient (Wildman–Crippen LogP) is 2.97. The Hall–Kier alpha value is -3.57. The minimum Gasteiger partial charge on any atom is -0.477 e. The van der Waals surface area contributed by atoms with Gasteiger partial charge >= 0.3 is 12.1 Å². The summed E-state index contributed by atoms with van der Waals surface area (Å²) in [6, 6.07) is 3.66. The molecule has 0 bridgehead atoms. The fourth-order valence-corrected chi connectivity index (χ4v) is 2.63. The topological polar surface area (TPSA) is 93.3 Å². The Bertz CT molecular complexity index is 1040. The molecular formula is C19H20F3N5O4. The van der Waals surface area contributed by atoms with Crippen molar-refractivity contribution in [2.75, 3.05) is 13.2 Å². The molecule has 9 nitrogen and oxygen atoms in total. The van der Waals surface area contributed by atoms with Gasteiger partial charge in [-0.1, -0.05) is 0 Å². The average molecular weight is 439 g/mol. The molecule has 0 aromatic carbocycles. The number of ether oxygens (including phenoxy) is 3. The summed E-state index contributed by atoms with van der Waals surface area (Å²) in [6.45, 7) is 3.64. The van der Waals surface area contributed by atoms with Crippen LogP contribution in [0.25, 0.3) is 5.82 Å². The molecule has 12 heteroatoms. The maximum Gasteiger partial charge on any atom is 0.417 e. The molecule has 0 amide bonds. The average Bonchev–Trinajstić information content (AvgIpc) is 3.25. The first-order valence-electron chi connectivity index (χ1n) is 9.27. The molecule has 3 aromatic heterocycles. The summed E-state index contributed by atoms with van der Waals surface area (Å²) >= 11 is 0. The first-order chi connectivity index (χ1) is 14.7. The van der Waals surface area contributed by atoms with Gasteiger partial charge in [0.1, 0.15) is 0 Å². The first kappa shape index (κ1) is 22.1. The maximum absolute atomic E-state index is 12.7. The standard InChI is InChI=1S/C19H20F3N5O4/c1-4-29-18-13(7-8-30-16-9-17(26(3)24-16)31-12(2)28)11-27(25-18)15-6-5-14(10-23-15)19(20,21)22/h5-6,9-11H,4,7-8H2,1-3H3. The molecule has 3 heterocycles. The fraction of sp³-hybridized carbons (Fsp3) is 0.368. The number of halogens is 3. The van der Waals surface area contributed by atoms with Crippen molar-refractivity contribution in [3.63, 3.8) is 0 Å². The smallest absolute Gasteiger partial charge is 0.417 e. The Balaban J connectivity index is 1.70. The number of rotatable bonds is 8. The molecule has 0 aliphatic heterocycles. The zero-order valence-electron chi connectivity index (χ0n) is 17.0. The van der Waals surface area contributed by atoms with E-state index in [-0.39, 0.29) is 24.2 Å². The third-order valence-electron chi connectivity index (χ3n) is 4.03. The maximum atomic E-state index is 12.7. The van der Waals surface area contributed by atoms with Gasteiger partial charge in [-0.3, -0.25) is 4.79 Å². The second-order valence-electron chi connectivity index (χ2n) is 6.38. The zero-order chi connectivity index (χ0) is 22.6. The van der Waals surface area contributed by atoms with Crippen molar-refractivity contribution in [1.82, 2.24) is 24.5 Å². The van der Waals surface area contributed by atoms with Crippen LogP contribution < -0.4 is 14.2 Å². The zero-order valence-corrected chi connectivity index (χ0v) is 17.0. The van der Waals surface area contributed by atoms with Crippen LogP contribution in [0.5, 0.6) is 17.6 Å². The number of hydrogen-bond acceptors (Lipinski definition) is 7. The predicted molar refractivity (Wildman–Crippen MR) is 101 cm³/mol. The van der Waals surface area contributed by atoms with Gasteiger partial charge in [-0.25, -0.2) is 14.3 Å². The van der Waals surface area contributed by atoms with E-state index >= 15 is 0 Å². The fourth-order valence-electron chi connectivity index (χ4n) is 2.63. The first-order valence-corrected chi connectivity index (χ1v) is 9.27. The SMILES string of the molecule is CCOc1nn(-c2ccc(C(F)(F)F)cn2)cc1CCOc1cc(OC(C)=O)n(C)n1. The number of carbonyl (C=O) groups excluding carboxylic acids is 1. The van der Waals surface area contributed by atoms with E-state index in [2.05, 4.69) is 15.2 Å². The number of esters is 1. The van der Waals surface area contributed by atoms with Crippen LogP contribution in [-0.2, 0) is 24.4 Å². The second-order valence-corrected chi connectivity index (χ2v) is 6.38. The van der Waals surface area contributed by atoms with Gasteiger partial charge in [0.25, 0.3) is 0 Å². The number of aromatic nitrogens is 5. The molecule has 3 aromatic rings. The van der Waals surface area contributed by atoms with Gasteiger partial charge in [0.05, 0.1) is 24.8 Å². The van der Waals surface area contributed by atoms with Gasteiger partial charge in [0.2, 0.25) is 17.6 Å². The van der Waals surface area contributed by atoms with E-state index in [4.69, 9.17) is 14.2 Å². The molecule has 0 aliphatic carbocycles. The molecule has 0 unspecified atom stereocenters. The van der Waals surface area contributed by atoms with Crippen molar-refractivity contribution in [3.8, 4) is 23.5 Å². The largest absolute Gasteiger partial charge is 0.477 e. The van der Waals surface area contributed by atoms with Crippen molar-refractivity contribution in [2.45, 2.75) is 26.4 Å². The van der Waals surface area contributed by atoms with Crippen LogP contribution in [0, 0.1) is 0 Å². The summed E-state index contributed by atoms with van der Waals surface area (Å²) in [7, 11) is 1.61. The molecule has 0 spiro atoms. The summed E-state index contributed by atoms with van der Waals surface area (Å²) in [6.07, 6.45) is -1.71. The number of pyridine rings is 1. The van der Waals surface area contributed by atoms with E-state index in [1.807, 2.05) is 0 Å². The van der Waals surface area contributed by atoms with Crippen LogP contribution in [0.3, 0.4) is 0 Å². The van der Waals surface area contributed by atoms with Crippen LogP contribution in [0.2, 0.25) is 0 Å². The Morgan fingerprint density at radius 1 is 1.19 bits per heavy atom. The van der Waals surface area contributed by atoms with Crippen LogP contribution >= 0.6 is 0 Å². The Morgan fingerprint density at radius 3 is 2.58 bits per heavy atom. The van der Waals surface area contributed by atoms with Gasteiger partial charge in [0.15, 0.2) is 5.82 Å². The highest BCUT2D eigenvalue weighted by Gasteiger charge is 2.30. The molecule has 0 N–H and O–H groups in total. The Kier molecular flexibility index (Phi) is 6.47. The number of alkyl halides is 3. The summed E-state index contributed by atoms with van der Waals surface area (Å²) in [5.74, 6) is 0.596. The molecule has 166 valence electrons. The normalized spacial score (nSPS) is 11.4. The monoisotopic (exact) mass is 439 g/mol. The Morgan fingerprint density at radius 2 is 1.97 bits per heavy atom. The molecule has 31 heavy (non-hydrogen) atoms. The third-order valence-corrected chi connectivity index (χ3v) is 4.03. The number of aryl methyl sites for hydroxylation is 1. The van der Waals surface area contributed by atoms with Crippen LogP contribution in [-0.4, -0.2) is 43.7 Å².